The van der Waals surface area contributed by atoms with Crippen LogP contribution in [0.5, 0.6) is 0 Å². The lowest BCUT2D eigenvalue weighted by molar-refractivity contribution is -0.710. The molecule has 5 N–H and O–H groups in total. The minimum Gasteiger partial charge on any atom is -0.351 e. The second-order valence-corrected chi connectivity index (χ2v) is 5.19. The highest BCUT2D eigenvalue weighted by molar-refractivity contribution is 5.95. The zero-order valence-corrected chi connectivity index (χ0v) is 12.2. The minimum absolute atomic E-state index is 0.0877. The van der Waals surface area contributed by atoms with Gasteiger partial charge in [-0.1, -0.05) is 42.5 Å². The van der Waals surface area contributed by atoms with Crippen molar-refractivity contribution in [3.63, 3.8) is 0 Å². The van der Waals surface area contributed by atoms with Crippen molar-refractivity contribution in [2.45, 2.75) is 25.9 Å². The van der Waals surface area contributed by atoms with E-state index in [1.165, 1.54) is 10.8 Å². The van der Waals surface area contributed by atoms with Crippen LogP contribution in [0.15, 0.2) is 42.5 Å². The largest absolute Gasteiger partial charge is 0.351 e. The smallest absolute Gasteiger partial charge is 0.319 e. The van der Waals surface area contributed by atoms with Crippen LogP contribution < -0.4 is 16.4 Å². The highest BCUT2D eigenvalue weighted by atomic mass is 16.2. The fourth-order valence-electron chi connectivity index (χ4n) is 2.51. The number of carbonyl (C=O) groups is 2. The van der Waals surface area contributed by atoms with Crippen LogP contribution in [-0.2, 0) is 4.79 Å². The third kappa shape index (κ3) is 3.58. The van der Waals surface area contributed by atoms with E-state index >= 15 is 0 Å². The third-order valence-electron chi connectivity index (χ3n) is 3.55. The minimum atomic E-state index is -0.821. The number of rotatable bonds is 4. The Balaban J connectivity index is 2.17. The van der Waals surface area contributed by atoms with Crippen LogP contribution in [0.3, 0.4) is 0 Å². The molecule has 0 aromatic heterocycles. The first kappa shape index (κ1) is 15.0. The molecule has 0 heterocycles. The number of nitrogens with one attached hydrogen (secondary N) is 1. The summed E-state index contributed by atoms with van der Waals surface area (Å²) in [6, 6.07) is 13.1. The van der Waals surface area contributed by atoms with Gasteiger partial charge in [0.1, 0.15) is 6.04 Å². The second-order valence-electron chi connectivity index (χ2n) is 5.19. The van der Waals surface area contributed by atoms with Crippen molar-refractivity contribution in [2.75, 3.05) is 0 Å². The molecule has 0 aliphatic carbocycles. The maximum Gasteiger partial charge on any atom is 0.319 e. The van der Waals surface area contributed by atoms with Crippen LogP contribution in [0.2, 0.25) is 0 Å². The molecule has 0 spiro atoms. The number of amides is 3. The highest BCUT2D eigenvalue weighted by Crippen LogP contribution is 2.22. The van der Waals surface area contributed by atoms with Crippen molar-refractivity contribution in [3.8, 4) is 0 Å². The first-order chi connectivity index (χ1) is 9.99. The van der Waals surface area contributed by atoms with Crippen LogP contribution in [0.1, 0.15) is 25.5 Å². The van der Waals surface area contributed by atoms with Crippen molar-refractivity contribution in [1.82, 2.24) is 5.32 Å². The zero-order valence-electron chi connectivity index (χ0n) is 12.2. The quantitative estimate of drug-likeness (QED) is 0.784. The van der Waals surface area contributed by atoms with E-state index < -0.39 is 12.1 Å². The normalized spacial score (nSPS) is 13.6. The molecule has 21 heavy (non-hydrogen) atoms. The van der Waals surface area contributed by atoms with E-state index in [0.29, 0.717) is 0 Å². The summed E-state index contributed by atoms with van der Waals surface area (Å²) >= 11 is 0. The van der Waals surface area contributed by atoms with Gasteiger partial charge in [-0.3, -0.25) is 10.1 Å². The van der Waals surface area contributed by atoms with Crippen molar-refractivity contribution in [2.24, 2.45) is 5.73 Å². The van der Waals surface area contributed by atoms with Gasteiger partial charge in [-0.2, -0.15) is 0 Å². The molecule has 0 bridgehead atoms. The van der Waals surface area contributed by atoms with Gasteiger partial charge in [0.15, 0.2) is 6.04 Å². The lowest BCUT2D eigenvalue weighted by Crippen LogP contribution is -2.92. The Morgan fingerprint density at radius 3 is 2.48 bits per heavy atom. The molecule has 0 radical (unpaired) electrons. The molecule has 2 rings (SSSR count). The number of quaternary nitrogens is 1. The average molecular weight is 286 g/mol. The van der Waals surface area contributed by atoms with Crippen LogP contribution >= 0.6 is 0 Å². The van der Waals surface area contributed by atoms with Crippen molar-refractivity contribution in [1.29, 1.82) is 0 Å². The standard InChI is InChI=1S/C16H19N3O2/c1-10(18-11(2)15(20)19-16(17)21)13-9-5-7-12-6-3-4-8-14(12)13/h3-11,18H,1-2H3,(H3,17,19,20,21)/p+1/t10-,11+/m0/s1. The van der Waals surface area contributed by atoms with E-state index in [2.05, 4.69) is 29.6 Å². The number of benzene rings is 2. The molecule has 2 atom stereocenters. The number of imide groups is 1. The summed E-state index contributed by atoms with van der Waals surface area (Å²) in [7, 11) is 0. The molecule has 0 aliphatic rings. The van der Waals surface area contributed by atoms with Crippen LogP contribution in [0.4, 0.5) is 4.79 Å². The molecule has 0 saturated heterocycles. The molecule has 0 unspecified atom stereocenters. The maximum atomic E-state index is 11.7. The van der Waals surface area contributed by atoms with Crippen molar-refractivity contribution < 1.29 is 14.9 Å². The molecule has 110 valence electrons. The Morgan fingerprint density at radius 2 is 1.76 bits per heavy atom. The molecule has 0 saturated carbocycles. The van der Waals surface area contributed by atoms with E-state index in [-0.39, 0.29) is 11.9 Å². The van der Waals surface area contributed by atoms with Crippen molar-refractivity contribution in [3.05, 3.63) is 48.0 Å². The number of hydrogen-bond donors (Lipinski definition) is 3. The number of fused-ring (bicyclic) bond motifs is 1. The lowest BCUT2D eigenvalue weighted by atomic mass is 9.99. The Kier molecular flexibility index (Phi) is 4.55. The lowest BCUT2D eigenvalue weighted by Gasteiger charge is -2.17. The first-order valence-corrected chi connectivity index (χ1v) is 6.92. The Hall–Kier alpha value is -2.40. The molecule has 0 aliphatic heterocycles. The van der Waals surface area contributed by atoms with E-state index in [4.69, 9.17) is 5.73 Å². The summed E-state index contributed by atoms with van der Waals surface area (Å²) in [6.07, 6.45) is 0. The topological polar surface area (TPSA) is 88.8 Å². The Bertz CT molecular complexity index is 664. The average Bonchev–Trinajstić information content (AvgIpc) is 2.45. The summed E-state index contributed by atoms with van der Waals surface area (Å²) in [5, 5.41) is 6.37. The predicted molar refractivity (Wildman–Crippen MR) is 81.5 cm³/mol. The molecule has 3 amide bonds. The van der Waals surface area contributed by atoms with Gasteiger partial charge in [-0.15, -0.1) is 0 Å². The number of carbonyl (C=O) groups excluding carboxylic acids is 2. The van der Waals surface area contributed by atoms with Gasteiger partial charge in [0.2, 0.25) is 0 Å². The highest BCUT2D eigenvalue weighted by Gasteiger charge is 2.22. The van der Waals surface area contributed by atoms with E-state index in [0.717, 1.165) is 5.56 Å². The van der Waals surface area contributed by atoms with Gasteiger partial charge in [0, 0.05) is 5.56 Å². The SMILES string of the molecule is C[C@H]([NH2+][C@H](C)C(=O)NC(N)=O)c1cccc2ccccc12. The Morgan fingerprint density at radius 1 is 1.10 bits per heavy atom. The molecular formula is C16H20N3O2+. The molecule has 2 aromatic carbocycles. The second kappa shape index (κ2) is 6.37. The molecule has 5 nitrogen and oxygen atoms in total. The van der Waals surface area contributed by atoms with E-state index in [9.17, 15) is 9.59 Å². The molecule has 0 fully saturated rings. The zero-order chi connectivity index (χ0) is 15.4. The fourth-order valence-corrected chi connectivity index (χ4v) is 2.51. The van der Waals surface area contributed by atoms with Crippen LogP contribution in [0, 0.1) is 0 Å². The number of nitrogens with two attached hydrogens (primary N) is 2. The fraction of sp³-hybridized carbons (Fsp3) is 0.250. The van der Waals surface area contributed by atoms with Crippen LogP contribution in [0.25, 0.3) is 10.8 Å². The first-order valence-electron chi connectivity index (χ1n) is 6.92. The van der Waals surface area contributed by atoms with E-state index in [1.54, 1.807) is 6.92 Å². The van der Waals surface area contributed by atoms with Gasteiger partial charge in [0.05, 0.1) is 0 Å². The summed E-state index contributed by atoms with van der Waals surface area (Å²) in [6.45, 7) is 3.79. The van der Waals surface area contributed by atoms with Gasteiger partial charge in [-0.25, -0.2) is 4.79 Å². The van der Waals surface area contributed by atoms with Crippen LogP contribution in [-0.4, -0.2) is 18.0 Å². The maximum absolute atomic E-state index is 11.7. The predicted octanol–water partition coefficient (Wildman–Crippen LogP) is 1.05. The molecule has 2 aromatic rings. The third-order valence-corrected chi connectivity index (χ3v) is 3.55. The van der Waals surface area contributed by atoms with Gasteiger partial charge in [0.25, 0.3) is 5.91 Å². The molecule has 5 heteroatoms. The Labute approximate surface area is 123 Å². The van der Waals surface area contributed by atoms with Gasteiger partial charge < -0.3 is 11.1 Å². The van der Waals surface area contributed by atoms with E-state index in [1.807, 2.05) is 30.4 Å². The summed E-state index contributed by atoms with van der Waals surface area (Å²) < 4.78 is 0. The monoisotopic (exact) mass is 286 g/mol. The number of hydrogen-bond acceptors (Lipinski definition) is 2. The summed E-state index contributed by atoms with van der Waals surface area (Å²) in [5.74, 6) is -0.380. The number of urea groups is 1. The van der Waals surface area contributed by atoms with Gasteiger partial charge >= 0.3 is 6.03 Å². The van der Waals surface area contributed by atoms with Gasteiger partial charge in [-0.05, 0) is 24.6 Å². The number of primary amides is 1. The summed E-state index contributed by atoms with van der Waals surface area (Å²) in [5.41, 5.74) is 6.12. The molecular weight excluding hydrogens is 266 g/mol. The summed E-state index contributed by atoms with van der Waals surface area (Å²) in [4.78, 5) is 22.5. The van der Waals surface area contributed by atoms with Crippen molar-refractivity contribution >= 4 is 22.7 Å².